The first kappa shape index (κ1) is 19.6. The molecule has 0 aliphatic rings. The summed E-state index contributed by atoms with van der Waals surface area (Å²) in [6.07, 6.45) is 1.65. The van der Waals surface area contributed by atoms with Gasteiger partial charge in [-0.3, -0.25) is 19.0 Å². The van der Waals surface area contributed by atoms with E-state index in [4.69, 9.17) is 0 Å². The zero-order valence-electron chi connectivity index (χ0n) is 16.2. The van der Waals surface area contributed by atoms with E-state index >= 15 is 0 Å². The van der Waals surface area contributed by atoms with Crippen LogP contribution >= 0.6 is 0 Å². The third kappa shape index (κ3) is 4.22. The van der Waals surface area contributed by atoms with Crippen molar-refractivity contribution in [3.8, 4) is 0 Å². The minimum absolute atomic E-state index is 0.0364. The van der Waals surface area contributed by atoms with E-state index in [1.54, 1.807) is 18.2 Å². The second-order valence-corrected chi connectivity index (χ2v) is 6.92. The molecule has 0 bridgehead atoms. The summed E-state index contributed by atoms with van der Waals surface area (Å²) < 4.78 is 2.71. The van der Waals surface area contributed by atoms with Gasteiger partial charge in [-0.2, -0.15) is 0 Å². The van der Waals surface area contributed by atoms with E-state index in [1.165, 1.54) is 14.7 Å². The van der Waals surface area contributed by atoms with Crippen LogP contribution in [0.25, 0.3) is 11.0 Å². The van der Waals surface area contributed by atoms with Crippen LogP contribution in [0.3, 0.4) is 0 Å². The van der Waals surface area contributed by atoms with E-state index in [-0.39, 0.29) is 18.5 Å². The van der Waals surface area contributed by atoms with Gasteiger partial charge in [0.2, 0.25) is 5.91 Å². The second kappa shape index (κ2) is 8.69. The van der Waals surface area contributed by atoms with Crippen molar-refractivity contribution in [3.05, 3.63) is 80.9 Å². The molecule has 1 atom stereocenters. The van der Waals surface area contributed by atoms with Gasteiger partial charge in [-0.25, -0.2) is 0 Å². The number of rotatable bonds is 7. The Morgan fingerprint density at radius 2 is 1.50 bits per heavy atom. The highest BCUT2D eigenvalue weighted by molar-refractivity contribution is 5.80. The van der Waals surface area contributed by atoms with Crippen LogP contribution in [-0.4, -0.2) is 21.1 Å². The average molecular weight is 379 g/mol. The molecule has 6 heteroatoms. The summed E-state index contributed by atoms with van der Waals surface area (Å²) in [5.41, 5.74) is 1.17. The fourth-order valence-electron chi connectivity index (χ4n) is 3.41. The van der Waals surface area contributed by atoms with Crippen LogP contribution in [0.15, 0.2) is 64.2 Å². The van der Waals surface area contributed by atoms with Crippen molar-refractivity contribution < 1.29 is 4.79 Å². The first-order chi connectivity index (χ1) is 13.5. The maximum absolute atomic E-state index is 12.5. The van der Waals surface area contributed by atoms with E-state index in [0.717, 1.165) is 12.8 Å². The maximum atomic E-state index is 12.5. The molecule has 3 rings (SSSR count). The Bertz CT molecular complexity index is 1080. The largest absolute Gasteiger partial charge is 0.352 e. The number of nitrogens with zero attached hydrogens (tertiary/aromatic N) is 2. The van der Waals surface area contributed by atoms with Gasteiger partial charge in [-0.15, -0.1) is 0 Å². The Kier molecular flexibility index (Phi) is 6.09. The molecule has 0 spiro atoms. The minimum atomic E-state index is -0.673. The zero-order chi connectivity index (χ0) is 20.1. The quantitative estimate of drug-likeness (QED) is 0.641. The molecule has 1 aromatic heterocycles. The third-order valence-electron chi connectivity index (χ3n) is 4.87. The zero-order valence-corrected chi connectivity index (χ0v) is 16.2. The van der Waals surface area contributed by atoms with Gasteiger partial charge >= 0.3 is 11.1 Å². The average Bonchev–Trinajstić information content (AvgIpc) is 2.71. The van der Waals surface area contributed by atoms with Gasteiger partial charge in [0.1, 0.15) is 6.54 Å². The van der Waals surface area contributed by atoms with Crippen molar-refractivity contribution in [2.45, 2.75) is 45.8 Å². The standard InChI is InChI=1S/C22H25N3O3/c1-3-24-18-11-7-8-12-19(18)25(22(28)21(24)27)15-20(26)23-16(2)13-14-17-9-5-4-6-10-17/h4-12,16H,3,13-15H2,1-2H3,(H,23,26). The monoisotopic (exact) mass is 379 g/mol. The number of amides is 1. The molecule has 0 saturated carbocycles. The van der Waals surface area contributed by atoms with Gasteiger partial charge < -0.3 is 9.88 Å². The lowest BCUT2D eigenvalue weighted by Gasteiger charge is -2.16. The number of nitrogens with one attached hydrogen (secondary N) is 1. The number of carbonyl (C=O) groups is 1. The lowest BCUT2D eigenvalue weighted by atomic mass is 10.1. The topological polar surface area (TPSA) is 73.1 Å². The molecule has 3 aromatic rings. The van der Waals surface area contributed by atoms with Crippen LogP contribution in [-0.2, 0) is 24.3 Å². The molecule has 28 heavy (non-hydrogen) atoms. The number of hydrogen-bond donors (Lipinski definition) is 1. The van der Waals surface area contributed by atoms with E-state index in [1.807, 2.05) is 38.1 Å². The highest BCUT2D eigenvalue weighted by Crippen LogP contribution is 2.10. The molecule has 0 aliphatic heterocycles. The molecule has 2 aromatic carbocycles. The number of carbonyl (C=O) groups excluding carboxylic acids is 1. The predicted octanol–water partition coefficient (Wildman–Crippen LogP) is 2.32. The van der Waals surface area contributed by atoms with Crippen LogP contribution in [0.1, 0.15) is 25.8 Å². The summed E-state index contributed by atoms with van der Waals surface area (Å²) in [6, 6.07) is 17.2. The molecule has 0 saturated heterocycles. The van der Waals surface area contributed by atoms with Crippen LogP contribution in [0.5, 0.6) is 0 Å². The fourth-order valence-corrected chi connectivity index (χ4v) is 3.41. The van der Waals surface area contributed by atoms with Crippen molar-refractivity contribution in [1.29, 1.82) is 0 Å². The fraction of sp³-hybridized carbons (Fsp3) is 0.318. The van der Waals surface area contributed by atoms with Crippen molar-refractivity contribution in [2.24, 2.45) is 0 Å². The van der Waals surface area contributed by atoms with Crippen LogP contribution in [0.4, 0.5) is 0 Å². The predicted molar refractivity (Wildman–Crippen MR) is 111 cm³/mol. The van der Waals surface area contributed by atoms with Crippen LogP contribution in [0.2, 0.25) is 0 Å². The van der Waals surface area contributed by atoms with E-state index in [0.29, 0.717) is 17.6 Å². The highest BCUT2D eigenvalue weighted by Gasteiger charge is 2.15. The first-order valence-corrected chi connectivity index (χ1v) is 9.57. The van der Waals surface area contributed by atoms with Crippen LogP contribution in [0, 0.1) is 0 Å². The third-order valence-corrected chi connectivity index (χ3v) is 4.87. The Labute approximate surface area is 163 Å². The number of hydrogen-bond acceptors (Lipinski definition) is 3. The van der Waals surface area contributed by atoms with E-state index in [9.17, 15) is 14.4 Å². The summed E-state index contributed by atoms with van der Waals surface area (Å²) in [4.78, 5) is 37.5. The normalized spacial score (nSPS) is 12.1. The number of aromatic nitrogens is 2. The van der Waals surface area contributed by atoms with Crippen molar-refractivity contribution >= 4 is 16.9 Å². The molecule has 0 radical (unpaired) electrons. The van der Waals surface area contributed by atoms with Crippen LogP contribution < -0.4 is 16.4 Å². The summed E-state index contributed by atoms with van der Waals surface area (Å²) >= 11 is 0. The summed E-state index contributed by atoms with van der Waals surface area (Å²) in [7, 11) is 0. The maximum Gasteiger partial charge on any atom is 0.317 e. The number of para-hydroxylation sites is 2. The van der Waals surface area contributed by atoms with Gasteiger partial charge in [0.15, 0.2) is 0 Å². The summed E-state index contributed by atoms with van der Waals surface area (Å²) in [5.74, 6) is -0.276. The van der Waals surface area contributed by atoms with Crippen molar-refractivity contribution in [1.82, 2.24) is 14.5 Å². The first-order valence-electron chi connectivity index (χ1n) is 9.57. The lowest BCUT2D eigenvalue weighted by molar-refractivity contribution is -0.122. The SMILES string of the molecule is CCn1c(=O)c(=O)n(CC(=O)NC(C)CCc2ccccc2)c2ccccc21. The Balaban J connectivity index is 1.75. The van der Waals surface area contributed by atoms with Crippen molar-refractivity contribution in [2.75, 3.05) is 0 Å². The van der Waals surface area contributed by atoms with Gasteiger partial charge in [0.05, 0.1) is 11.0 Å². The smallest absolute Gasteiger partial charge is 0.317 e. The number of aryl methyl sites for hydroxylation is 2. The number of benzene rings is 2. The Hall–Kier alpha value is -3.15. The van der Waals surface area contributed by atoms with Crippen molar-refractivity contribution in [3.63, 3.8) is 0 Å². The molecule has 1 N–H and O–H groups in total. The molecule has 1 heterocycles. The lowest BCUT2D eigenvalue weighted by Crippen LogP contribution is -2.44. The Morgan fingerprint density at radius 1 is 0.929 bits per heavy atom. The van der Waals surface area contributed by atoms with Gasteiger partial charge in [-0.05, 0) is 44.4 Å². The molecular weight excluding hydrogens is 354 g/mol. The highest BCUT2D eigenvalue weighted by atomic mass is 16.2. The second-order valence-electron chi connectivity index (χ2n) is 6.92. The molecule has 1 amide bonds. The molecule has 0 aliphatic carbocycles. The van der Waals surface area contributed by atoms with E-state index in [2.05, 4.69) is 17.4 Å². The molecule has 0 fully saturated rings. The summed E-state index contributed by atoms with van der Waals surface area (Å²) in [6.45, 7) is 3.99. The van der Waals surface area contributed by atoms with Gasteiger partial charge in [0.25, 0.3) is 0 Å². The van der Waals surface area contributed by atoms with E-state index < -0.39 is 11.1 Å². The molecule has 6 nitrogen and oxygen atoms in total. The molecular formula is C22H25N3O3. The molecule has 146 valence electrons. The number of fused-ring (bicyclic) bond motifs is 1. The van der Waals surface area contributed by atoms with Gasteiger partial charge in [-0.1, -0.05) is 42.5 Å². The van der Waals surface area contributed by atoms with Gasteiger partial charge in [0, 0.05) is 12.6 Å². The molecule has 1 unspecified atom stereocenters. The Morgan fingerprint density at radius 3 is 2.14 bits per heavy atom. The minimum Gasteiger partial charge on any atom is -0.352 e. The summed E-state index contributed by atoms with van der Waals surface area (Å²) in [5, 5.41) is 2.93.